The summed E-state index contributed by atoms with van der Waals surface area (Å²) in [5.41, 5.74) is -0.333. The molecule has 18 heavy (non-hydrogen) atoms. The van der Waals surface area contributed by atoms with Crippen LogP contribution in [-0.2, 0) is 11.8 Å². The minimum atomic E-state index is -0.617. The molecule has 0 aromatic carbocycles. The van der Waals surface area contributed by atoms with Gasteiger partial charge < -0.3 is 10.1 Å². The maximum Gasteiger partial charge on any atom is 0.320 e. The third-order valence-electron chi connectivity index (χ3n) is 2.85. The molecule has 1 amide bonds. The van der Waals surface area contributed by atoms with Crippen molar-refractivity contribution >= 4 is 11.6 Å². The summed E-state index contributed by atoms with van der Waals surface area (Å²) in [5, 5.41) is 17.1. The molecule has 0 aliphatic carbocycles. The Morgan fingerprint density at radius 1 is 1.78 bits per heavy atom. The summed E-state index contributed by atoms with van der Waals surface area (Å²) in [6.45, 7) is 1.06. The fourth-order valence-corrected chi connectivity index (χ4v) is 1.92. The number of carbonyl (C=O) groups excluding carboxylic acids is 1. The van der Waals surface area contributed by atoms with Gasteiger partial charge >= 0.3 is 5.69 Å². The molecule has 8 nitrogen and oxygen atoms in total. The first-order valence-electron chi connectivity index (χ1n) is 5.66. The Balaban J connectivity index is 2.03. The van der Waals surface area contributed by atoms with Gasteiger partial charge in [0, 0.05) is 20.2 Å². The second-order valence-electron chi connectivity index (χ2n) is 4.10. The van der Waals surface area contributed by atoms with Crippen LogP contribution >= 0.6 is 0 Å². The molecule has 1 aromatic rings. The molecule has 1 fully saturated rings. The van der Waals surface area contributed by atoms with E-state index in [1.54, 1.807) is 0 Å². The third kappa shape index (κ3) is 2.48. The first-order chi connectivity index (χ1) is 8.59. The van der Waals surface area contributed by atoms with Crippen molar-refractivity contribution in [2.75, 3.05) is 13.2 Å². The predicted molar refractivity (Wildman–Crippen MR) is 61.2 cm³/mol. The third-order valence-corrected chi connectivity index (χ3v) is 2.85. The maximum atomic E-state index is 11.9. The molecule has 0 saturated carbocycles. The van der Waals surface area contributed by atoms with Gasteiger partial charge in [-0.15, -0.1) is 0 Å². The normalized spacial score (nSPS) is 18.8. The SMILES string of the molecule is Cn1ncc([N+](=O)[O-])c1C(=O)NC[C@H]1CCCO1. The van der Waals surface area contributed by atoms with E-state index in [0.717, 1.165) is 19.0 Å². The molecule has 0 spiro atoms. The van der Waals surface area contributed by atoms with E-state index in [1.807, 2.05) is 0 Å². The van der Waals surface area contributed by atoms with Gasteiger partial charge in [-0.1, -0.05) is 0 Å². The van der Waals surface area contributed by atoms with Crippen molar-refractivity contribution in [2.24, 2.45) is 7.05 Å². The number of amides is 1. The van der Waals surface area contributed by atoms with Crippen LogP contribution in [0.15, 0.2) is 6.20 Å². The average molecular weight is 254 g/mol. The molecule has 0 unspecified atom stereocenters. The number of hydrogen-bond acceptors (Lipinski definition) is 5. The van der Waals surface area contributed by atoms with Crippen LogP contribution in [0.25, 0.3) is 0 Å². The van der Waals surface area contributed by atoms with Crippen LogP contribution in [0.4, 0.5) is 5.69 Å². The highest BCUT2D eigenvalue weighted by Crippen LogP contribution is 2.17. The van der Waals surface area contributed by atoms with Crippen molar-refractivity contribution in [1.29, 1.82) is 0 Å². The fourth-order valence-electron chi connectivity index (χ4n) is 1.92. The standard InChI is InChI=1S/C10H14N4O4/c1-13-9(8(6-12-13)14(16)17)10(15)11-5-7-3-2-4-18-7/h6-7H,2-5H2,1H3,(H,11,15)/t7-/m1/s1. The minimum Gasteiger partial charge on any atom is -0.376 e. The summed E-state index contributed by atoms with van der Waals surface area (Å²) in [7, 11) is 1.49. The largest absolute Gasteiger partial charge is 0.376 e. The lowest BCUT2D eigenvalue weighted by atomic mass is 10.2. The zero-order chi connectivity index (χ0) is 13.1. The second-order valence-corrected chi connectivity index (χ2v) is 4.10. The lowest BCUT2D eigenvalue weighted by molar-refractivity contribution is -0.385. The Kier molecular flexibility index (Phi) is 3.56. The molecule has 2 heterocycles. The monoisotopic (exact) mass is 254 g/mol. The van der Waals surface area contributed by atoms with Gasteiger partial charge in [0.05, 0.1) is 11.0 Å². The molecule has 1 aliphatic heterocycles. The smallest absolute Gasteiger partial charge is 0.320 e. The summed E-state index contributed by atoms with van der Waals surface area (Å²) in [4.78, 5) is 22.0. The van der Waals surface area contributed by atoms with E-state index in [2.05, 4.69) is 10.4 Å². The highest BCUT2D eigenvalue weighted by molar-refractivity contribution is 5.96. The number of hydrogen-bond donors (Lipinski definition) is 1. The number of nitrogens with one attached hydrogen (secondary N) is 1. The maximum absolute atomic E-state index is 11.9. The molecular formula is C10H14N4O4. The van der Waals surface area contributed by atoms with E-state index >= 15 is 0 Å². The first kappa shape index (κ1) is 12.5. The molecule has 1 atom stereocenters. The number of aromatic nitrogens is 2. The summed E-state index contributed by atoms with van der Waals surface area (Å²) in [6.07, 6.45) is 2.95. The van der Waals surface area contributed by atoms with Gasteiger partial charge in [0.15, 0.2) is 0 Å². The lowest BCUT2D eigenvalue weighted by Gasteiger charge is -2.10. The molecule has 8 heteroatoms. The summed E-state index contributed by atoms with van der Waals surface area (Å²) in [5.74, 6) is -0.503. The predicted octanol–water partition coefficient (Wildman–Crippen LogP) is 0.237. The van der Waals surface area contributed by atoms with E-state index in [0.29, 0.717) is 13.2 Å². The van der Waals surface area contributed by atoms with E-state index in [4.69, 9.17) is 4.74 Å². The Bertz CT molecular complexity index is 464. The van der Waals surface area contributed by atoms with Crippen LogP contribution in [-0.4, -0.2) is 39.9 Å². The number of nitro groups is 1. The van der Waals surface area contributed by atoms with E-state index in [9.17, 15) is 14.9 Å². The highest BCUT2D eigenvalue weighted by Gasteiger charge is 2.26. The first-order valence-corrected chi connectivity index (χ1v) is 5.66. The number of carbonyl (C=O) groups is 1. The van der Waals surface area contributed by atoms with E-state index in [-0.39, 0.29) is 17.5 Å². The average Bonchev–Trinajstić information content (AvgIpc) is 2.94. The Morgan fingerprint density at radius 3 is 3.17 bits per heavy atom. The van der Waals surface area contributed by atoms with Gasteiger partial charge in [-0.25, -0.2) is 0 Å². The molecule has 0 bridgehead atoms. The van der Waals surface area contributed by atoms with Gasteiger partial charge in [0.25, 0.3) is 5.91 Å². The summed E-state index contributed by atoms with van der Waals surface area (Å²) in [6, 6.07) is 0. The molecule has 1 saturated heterocycles. The van der Waals surface area contributed by atoms with Gasteiger partial charge in [-0.2, -0.15) is 5.10 Å². The lowest BCUT2D eigenvalue weighted by Crippen LogP contribution is -2.33. The Hall–Kier alpha value is -1.96. The molecule has 1 aliphatic rings. The zero-order valence-electron chi connectivity index (χ0n) is 9.96. The Labute approximate surface area is 103 Å². The summed E-state index contributed by atoms with van der Waals surface area (Å²) >= 11 is 0. The molecule has 98 valence electrons. The van der Waals surface area contributed by atoms with Crippen LogP contribution < -0.4 is 5.32 Å². The van der Waals surface area contributed by atoms with Crippen molar-refractivity contribution in [2.45, 2.75) is 18.9 Å². The van der Waals surface area contributed by atoms with Crippen LogP contribution in [0.1, 0.15) is 23.3 Å². The van der Waals surface area contributed by atoms with Gasteiger partial charge in [-0.05, 0) is 12.8 Å². The van der Waals surface area contributed by atoms with Crippen molar-refractivity contribution in [1.82, 2.24) is 15.1 Å². The van der Waals surface area contributed by atoms with E-state index < -0.39 is 10.8 Å². The number of aryl methyl sites for hydroxylation is 1. The summed E-state index contributed by atoms with van der Waals surface area (Å²) < 4.78 is 6.55. The highest BCUT2D eigenvalue weighted by atomic mass is 16.6. The quantitative estimate of drug-likeness (QED) is 0.612. The molecule has 0 radical (unpaired) electrons. The van der Waals surface area contributed by atoms with Crippen molar-refractivity contribution < 1.29 is 14.5 Å². The molecule has 1 N–H and O–H groups in total. The van der Waals surface area contributed by atoms with Crippen LogP contribution in [0.3, 0.4) is 0 Å². The molecular weight excluding hydrogens is 240 g/mol. The zero-order valence-corrected chi connectivity index (χ0v) is 9.96. The Morgan fingerprint density at radius 2 is 2.56 bits per heavy atom. The number of ether oxygens (including phenoxy) is 1. The topological polar surface area (TPSA) is 99.3 Å². The van der Waals surface area contributed by atoms with E-state index in [1.165, 1.54) is 11.7 Å². The van der Waals surface area contributed by atoms with Crippen molar-refractivity contribution in [3.8, 4) is 0 Å². The fraction of sp³-hybridized carbons (Fsp3) is 0.600. The van der Waals surface area contributed by atoms with Crippen LogP contribution in [0.2, 0.25) is 0 Å². The number of rotatable bonds is 4. The van der Waals surface area contributed by atoms with Gasteiger partial charge in [0.1, 0.15) is 6.20 Å². The van der Waals surface area contributed by atoms with Crippen LogP contribution in [0, 0.1) is 10.1 Å². The number of nitrogens with zero attached hydrogens (tertiary/aromatic N) is 3. The molecule has 1 aromatic heterocycles. The van der Waals surface area contributed by atoms with Crippen LogP contribution in [0.5, 0.6) is 0 Å². The van der Waals surface area contributed by atoms with Crippen molar-refractivity contribution in [3.63, 3.8) is 0 Å². The van der Waals surface area contributed by atoms with Gasteiger partial charge in [0.2, 0.25) is 5.69 Å². The molecule has 2 rings (SSSR count). The van der Waals surface area contributed by atoms with Gasteiger partial charge in [-0.3, -0.25) is 19.6 Å². The van der Waals surface area contributed by atoms with Crippen molar-refractivity contribution in [3.05, 3.63) is 22.0 Å². The minimum absolute atomic E-state index is 0.00114. The second kappa shape index (κ2) is 5.13.